The summed E-state index contributed by atoms with van der Waals surface area (Å²) in [6.07, 6.45) is 2.72. The Hall–Kier alpha value is -2.53. The first-order valence-electron chi connectivity index (χ1n) is 9.71. The molecule has 9 nitrogen and oxygen atoms in total. The van der Waals surface area contributed by atoms with E-state index in [2.05, 4.69) is 10.3 Å². The first-order chi connectivity index (χ1) is 14.3. The molecular formula is C19H21N5O4S2. The lowest BCUT2D eigenvalue weighted by Crippen LogP contribution is -2.32. The van der Waals surface area contributed by atoms with Crippen molar-refractivity contribution in [2.75, 3.05) is 33.8 Å². The van der Waals surface area contributed by atoms with Gasteiger partial charge in [0.25, 0.3) is 5.56 Å². The van der Waals surface area contributed by atoms with E-state index in [1.165, 1.54) is 34.5 Å². The molecule has 5 rings (SSSR count). The molecule has 2 aliphatic heterocycles. The van der Waals surface area contributed by atoms with Gasteiger partial charge in [-0.2, -0.15) is 8.42 Å². The Kier molecular flexibility index (Phi) is 4.37. The lowest BCUT2D eigenvalue weighted by Gasteiger charge is -2.15. The molecule has 1 aromatic heterocycles. The second-order valence-electron chi connectivity index (χ2n) is 7.71. The summed E-state index contributed by atoms with van der Waals surface area (Å²) in [6, 6.07) is 4.76. The summed E-state index contributed by atoms with van der Waals surface area (Å²) in [5.41, 5.74) is 3.27. The molecule has 0 spiro atoms. The number of aryl methyl sites for hydroxylation is 1. The maximum atomic E-state index is 12.9. The van der Waals surface area contributed by atoms with Crippen molar-refractivity contribution in [1.82, 2.24) is 9.55 Å². The highest BCUT2D eigenvalue weighted by atomic mass is 32.2. The average Bonchev–Trinajstić information content (AvgIpc) is 3.37. The molecule has 0 saturated heterocycles. The van der Waals surface area contributed by atoms with E-state index in [9.17, 15) is 18.0 Å². The van der Waals surface area contributed by atoms with E-state index >= 15 is 0 Å². The Balaban J connectivity index is 1.35. The van der Waals surface area contributed by atoms with Crippen molar-refractivity contribution < 1.29 is 13.2 Å². The molecule has 0 bridgehead atoms. The van der Waals surface area contributed by atoms with Crippen molar-refractivity contribution in [1.29, 1.82) is 0 Å². The van der Waals surface area contributed by atoms with E-state index in [4.69, 9.17) is 0 Å². The van der Waals surface area contributed by atoms with Crippen molar-refractivity contribution in [3.63, 3.8) is 0 Å². The van der Waals surface area contributed by atoms with Gasteiger partial charge in [0.1, 0.15) is 0 Å². The SMILES string of the molecule is CN1c2ccc(NC(=O)C[C@@H]3CSc4nc5c(c(=O)n43)CCC5)cc2N(C)S1(=O)=O. The molecular weight excluding hydrogens is 426 g/mol. The van der Waals surface area contributed by atoms with Gasteiger partial charge in [-0.1, -0.05) is 11.8 Å². The van der Waals surface area contributed by atoms with Crippen LogP contribution in [-0.2, 0) is 27.8 Å². The minimum atomic E-state index is -3.56. The molecule has 1 N–H and O–H groups in total. The molecule has 30 heavy (non-hydrogen) atoms. The van der Waals surface area contributed by atoms with E-state index in [0.29, 0.717) is 28.0 Å². The Morgan fingerprint density at radius 1 is 1.23 bits per heavy atom. The van der Waals surface area contributed by atoms with E-state index in [1.807, 2.05) is 0 Å². The standard InChI is InChI=1S/C19H21N5O4S2/c1-22-15-7-6-11(8-16(15)23(2)30(22,27)28)20-17(25)9-12-10-29-19-21-14-5-3-4-13(14)18(26)24(12)19/h6-8,12H,3-5,9-10H2,1-2H3,(H,20,25)/t12-/m1/s1. The van der Waals surface area contributed by atoms with Crippen LogP contribution in [0.1, 0.15) is 30.1 Å². The second kappa shape index (κ2) is 6.74. The number of carbonyl (C=O) groups excluding carboxylic acids is 1. The van der Waals surface area contributed by atoms with Gasteiger partial charge in [-0.3, -0.25) is 22.8 Å². The van der Waals surface area contributed by atoms with E-state index in [-0.39, 0.29) is 23.9 Å². The van der Waals surface area contributed by atoms with Gasteiger partial charge in [-0.05, 0) is 37.5 Å². The van der Waals surface area contributed by atoms with Crippen LogP contribution in [0.4, 0.5) is 17.1 Å². The van der Waals surface area contributed by atoms with Crippen molar-refractivity contribution in [3.8, 4) is 0 Å². The number of benzene rings is 1. The third-order valence-corrected chi connectivity index (χ3v) is 8.80. The van der Waals surface area contributed by atoms with Gasteiger partial charge in [-0.15, -0.1) is 0 Å². The number of thioether (sulfide) groups is 1. The molecule has 2 aromatic rings. The monoisotopic (exact) mass is 447 g/mol. The summed E-state index contributed by atoms with van der Waals surface area (Å²) in [5, 5.41) is 3.54. The number of fused-ring (bicyclic) bond motifs is 3. The normalized spacial score (nSPS) is 20.8. The van der Waals surface area contributed by atoms with Gasteiger partial charge in [0.05, 0.1) is 23.1 Å². The lowest BCUT2D eigenvalue weighted by molar-refractivity contribution is -0.116. The quantitative estimate of drug-likeness (QED) is 0.716. The molecule has 1 atom stereocenters. The van der Waals surface area contributed by atoms with E-state index in [1.54, 1.807) is 22.8 Å². The van der Waals surface area contributed by atoms with Crippen molar-refractivity contribution in [3.05, 3.63) is 39.8 Å². The van der Waals surface area contributed by atoms with Crippen LogP contribution >= 0.6 is 11.8 Å². The number of aromatic nitrogens is 2. The fourth-order valence-electron chi connectivity index (χ4n) is 4.28. The Morgan fingerprint density at radius 3 is 2.80 bits per heavy atom. The predicted molar refractivity (Wildman–Crippen MR) is 116 cm³/mol. The van der Waals surface area contributed by atoms with Crippen molar-refractivity contribution >= 4 is 44.9 Å². The molecule has 1 aromatic carbocycles. The van der Waals surface area contributed by atoms with Gasteiger partial charge in [0.15, 0.2) is 5.16 Å². The highest BCUT2D eigenvalue weighted by Crippen LogP contribution is 2.40. The summed E-state index contributed by atoms with van der Waals surface area (Å²) in [7, 11) is -0.590. The van der Waals surface area contributed by atoms with Crippen molar-refractivity contribution in [2.24, 2.45) is 0 Å². The summed E-state index contributed by atoms with van der Waals surface area (Å²) in [5.74, 6) is 0.409. The molecule has 3 aliphatic rings. The Labute approximate surface area is 178 Å². The maximum Gasteiger partial charge on any atom is 0.326 e. The highest BCUT2D eigenvalue weighted by molar-refractivity contribution is 7.99. The number of hydrogen-bond acceptors (Lipinski definition) is 6. The molecule has 158 valence electrons. The van der Waals surface area contributed by atoms with Crippen LogP contribution in [-0.4, -0.2) is 43.7 Å². The fourth-order valence-corrected chi connectivity index (χ4v) is 6.60. The van der Waals surface area contributed by atoms with Crippen molar-refractivity contribution in [2.45, 2.75) is 36.9 Å². The second-order valence-corrected chi connectivity index (χ2v) is 10.7. The smallest absolute Gasteiger partial charge is 0.326 e. The summed E-state index contributed by atoms with van der Waals surface area (Å²) in [6.45, 7) is 0. The summed E-state index contributed by atoms with van der Waals surface area (Å²) in [4.78, 5) is 30.2. The molecule has 0 fully saturated rings. The van der Waals surface area contributed by atoms with Gasteiger partial charge >= 0.3 is 10.2 Å². The first kappa shape index (κ1) is 19.4. The molecule has 3 heterocycles. The molecule has 0 saturated carbocycles. The Bertz CT molecular complexity index is 1240. The Morgan fingerprint density at radius 2 is 2.00 bits per heavy atom. The summed E-state index contributed by atoms with van der Waals surface area (Å²) >= 11 is 1.51. The zero-order valence-corrected chi connectivity index (χ0v) is 18.2. The number of hydrogen-bond donors (Lipinski definition) is 1. The van der Waals surface area contributed by atoms with Crippen LogP contribution in [0.2, 0.25) is 0 Å². The number of amides is 1. The van der Waals surface area contributed by atoms with Crippen LogP contribution in [0.15, 0.2) is 28.2 Å². The van der Waals surface area contributed by atoms with Crippen LogP contribution < -0.4 is 19.5 Å². The van der Waals surface area contributed by atoms with Crippen LogP contribution in [0, 0.1) is 0 Å². The van der Waals surface area contributed by atoms with Gasteiger partial charge < -0.3 is 5.32 Å². The topological polar surface area (TPSA) is 105 Å². The lowest BCUT2D eigenvalue weighted by atomic mass is 10.2. The minimum absolute atomic E-state index is 0.0114. The summed E-state index contributed by atoms with van der Waals surface area (Å²) < 4.78 is 28.6. The average molecular weight is 448 g/mol. The number of nitrogens with one attached hydrogen (secondary N) is 1. The third kappa shape index (κ3) is 2.83. The van der Waals surface area contributed by atoms with Crippen LogP contribution in [0.25, 0.3) is 0 Å². The van der Waals surface area contributed by atoms with Gasteiger partial charge in [0.2, 0.25) is 5.91 Å². The number of anilines is 3. The largest absolute Gasteiger partial charge is 0.326 e. The van der Waals surface area contributed by atoms with E-state index < -0.39 is 10.2 Å². The number of carbonyl (C=O) groups is 1. The number of rotatable bonds is 3. The molecule has 11 heteroatoms. The molecule has 0 radical (unpaired) electrons. The minimum Gasteiger partial charge on any atom is -0.326 e. The van der Waals surface area contributed by atoms with E-state index in [0.717, 1.165) is 30.5 Å². The zero-order chi connectivity index (χ0) is 21.2. The first-order valence-corrected chi connectivity index (χ1v) is 12.1. The molecule has 1 aliphatic carbocycles. The van der Waals surface area contributed by atoms with Crippen LogP contribution in [0.3, 0.4) is 0 Å². The number of nitrogens with zero attached hydrogens (tertiary/aromatic N) is 4. The fraction of sp³-hybridized carbons (Fsp3) is 0.421. The molecule has 0 unspecified atom stereocenters. The maximum absolute atomic E-state index is 12.9. The predicted octanol–water partition coefficient (Wildman–Crippen LogP) is 1.54. The molecule has 1 amide bonds. The van der Waals surface area contributed by atoms with Gasteiger partial charge in [0, 0.05) is 37.5 Å². The zero-order valence-electron chi connectivity index (χ0n) is 16.6. The van der Waals surface area contributed by atoms with Gasteiger partial charge in [-0.25, -0.2) is 4.98 Å². The third-order valence-electron chi connectivity index (χ3n) is 5.92. The highest BCUT2D eigenvalue weighted by Gasteiger charge is 2.36. The van der Waals surface area contributed by atoms with Crippen LogP contribution in [0.5, 0.6) is 0 Å².